The lowest BCUT2D eigenvalue weighted by Gasteiger charge is -2.24. The zero-order chi connectivity index (χ0) is 19.9. The average Bonchev–Trinajstić information content (AvgIpc) is 2.92. The molecule has 146 valence electrons. The van der Waals surface area contributed by atoms with Gasteiger partial charge in [-0.15, -0.1) is 0 Å². The van der Waals surface area contributed by atoms with Crippen molar-refractivity contribution < 1.29 is 38.1 Å². The maximum Gasteiger partial charge on any atom is 0.344 e. The van der Waals surface area contributed by atoms with Gasteiger partial charge in [0.1, 0.15) is 12.2 Å². The third-order valence-electron chi connectivity index (χ3n) is 3.83. The van der Waals surface area contributed by atoms with Crippen LogP contribution in [0.4, 0.5) is 0 Å². The van der Waals surface area contributed by atoms with Gasteiger partial charge in [-0.1, -0.05) is 20.4 Å². The smallest absolute Gasteiger partial charge is 0.344 e. The number of rotatable bonds is 9. The number of carbonyl (C=O) groups excluding carboxylic acids is 4. The van der Waals surface area contributed by atoms with Gasteiger partial charge in [-0.05, 0) is 19.3 Å². The number of hydrogen-bond donors (Lipinski definition) is 0. The Balaban J connectivity index is 2.67. The molecule has 1 aliphatic rings. The highest BCUT2D eigenvalue weighted by atomic mass is 16.6. The number of ether oxygens (including phenoxy) is 4. The molecular formula is C18H26O8. The largest absolute Gasteiger partial charge is 0.469 e. The summed E-state index contributed by atoms with van der Waals surface area (Å²) in [6.45, 7) is 8.21. The van der Waals surface area contributed by atoms with Crippen LogP contribution in [0.15, 0.2) is 12.2 Å². The molecule has 0 aliphatic carbocycles. The summed E-state index contributed by atoms with van der Waals surface area (Å²) in [6.07, 6.45) is -0.699. The Morgan fingerprint density at radius 3 is 2.46 bits per heavy atom. The van der Waals surface area contributed by atoms with Crippen LogP contribution < -0.4 is 0 Å². The van der Waals surface area contributed by atoms with Gasteiger partial charge in [0.15, 0.2) is 6.61 Å². The second kappa shape index (κ2) is 9.94. The van der Waals surface area contributed by atoms with E-state index in [2.05, 4.69) is 11.3 Å². The quantitative estimate of drug-likeness (QED) is 0.342. The fraction of sp³-hybridized carbons (Fsp3) is 0.667. The number of cyclic esters (lactones) is 1. The van der Waals surface area contributed by atoms with Crippen LogP contribution in [0.25, 0.3) is 0 Å². The van der Waals surface area contributed by atoms with Gasteiger partial charge in [-0.2, -0.15) is 0 Å². The maximum absolute atomic E-state index is 12.0. The van der Waals surface area contributed by atoms with Gasteiger partial charge in [0.2, 0.25) is 0 Å². The maximum atomic E-state index is 12.0. The van der Waals surface area contributed by atoms with E-state index in [1.54, 1.807) is 0 Å². The molecule has 8 nitrogen and oxygen atoms in total. The molecule has 0 saturated carbocycles. The third kappa shape index (κ3) is 6.85. The summed E-state index contributed by atoms with van der Waals surface area (Å²) < 4.78 is 20.0. The molecule has 1 fully saturated rings. The standard InChI is InChI=1S/C18H26O8/c1-10(2)6-13(25-16(20)9-24-17(21)11(3)4)14-7-12(18(22)26-14)8-15(19)23-5/h10,12-14H,3,6-9H2,1-2,4-5H3. The van der Waals surface area contributed by atoms with Crippen molar-refractivity contribution in [3.05, 3.63) is 12.2 Å². The van der Waals surface area contributed by atoms with E-state index in [-0.39, 0.29) is 24.3 Å². The Hall–Kier alpha value is -2.38. The van der Waals surface area contributed by atoms with Crippen LogP contribution in [0.3, 0.4) is 0 Å². The van der Waals surface area contributed by atoms with Crippen molar-refractivity contribution in [2.75, 3.05) is 13.7 Å². The third-order valence-corrected chi connectivity index (χ3v) is 3.83. The van der Waals surface area contributed by atoms with E-state index in [9.17, 15) is 19.2 Å². The topological polar surface area (TPSA) is 105 Å². The van der Waals surface area contributed by atoms with Crippen LogP contribution in [0.1, 0.15) is 40.0 Å². The summed E-state index contributed by atoms with van der Waals surface area (Å²) in [7, 11) is 1.25. The molecule has 0 aromatic heterocycles. The van der Waals surface area contributed by atoms with Crippen LogP contribution in [0, 0.1) is 11.8 Å². The number of hydrogen-bond acceptors (Lipinski definition) is 8. The molecule has 8 heteroatoms. The van der Waals surface area contributed by atoms with E-state index in [1.807, 2.05) is 13.8 Å². The van der Waals surface area contributed by atoms with Crippen molar-refractivity contribution in [2.45, 2.75) is 52.2 Å². The summed E-state index contributed by atoms with van der Waals surface area (Å²) in [5, 5.41) is 0. The fourth-order valence-corrected chi connectivity index (χ4v) is 2.54. The van der Waals surface area contributed by atoms with Crippen molar-refractivity contribution in [3.63, 3.8) is 0 Å². The molecule has 1 saturated heterocycles. The molecule has 0 bridgehead atoms. The first-order valence-electron chi connectivity index (χ1n) is 8.43. The lowest BCUT2D eigenvalue weighted by Crippen LogP contribution is -2.34. The van der Waals surface area contributed by atoms with Gasteiger partial charge in [0.25, 0.3) is 0 Å². The molecule has 0 spiro atoms. The Morgan fingerprint density at radius 2 is 1.92 bits per heavy atom. The number of esters is 4. The first kappa shape index (κ1) is 21.7. The van der Waals surface area contributed by atoms with Gasteiger partial charge in [-0.3, -0.25) is 9.59 Å². The fourth-order valence-electron chi connectivity index (χ4n) is 2.54. The van der Waals surface area contributed by atoms with Gasteiger partial charge in [0.05, 0.1) is 19.4 Å². The molecule has 0 radical (unpaired) electrons. The Morgan fingerprint density at radius 1 is 1.27 bits per heavy atom. The molecule has 1 aliphatic heterocycles. The molecule has 0 aromatic carbocycles. The van der Waals surface area contributed by atoms with E-state index >= 15 is 0 Å². The Kier molecular flexibility index (Phi) is 8.28. The first-order chi connectivity index (χ1) is 12.1. The van der Waals surface area contributed by atoms with Crippen molar-refractivity contribution in [2.24, 2.45) is 11.8 Å². The number of methoxy groups -OCH3 is 1. The van der Waals surface area contributed by atoms with Crippen molar-refractivity contribution in [3.8, 4) is 0 Å². The summed E-state index contributed by atoms with van der Waals surface area (Å²) in [6, 6.07) is 0. The van der Waals surface area contributed by atoms with E-state index < -0.39 is 48.6 Å². The van der Waals surface area contributed by atoms with Crippen molar-refractivity contribution in [1.82, 2.24) is 0 Å². The van der Waals surface area contributed by atoms with Crippen LogP contribution in [-0.2, 0) is 38.1 Å². The molecule has 26 heavy (non-hydrogen) atoms. The van der Waals surface area contributed by atoms with E-state index in [1.165, 1.54) is 14.0 Å². The minimum atomic E-state index is -0.738. The average molecular weight is 370 g/mol. The summed E-state index contributed by atoms with van der Waals surface area (Å²) in [5.41, 5.74) is 0.173. The molecule has 0 N–H and O–H groups in total. The monoisotopic (exact) mass is 370 g/mol. The molecule has 0 aromatic rings. The second-order valence-corrected chi connectivity index (χ2v) is 6.70. The normalized spacial score (nSPS) is 20.3. The SMILES string of the molecule is C=C(C)C(=O)OCC(=O)OC(CC(C)C)C1CC(CC(=O)OC)C(=O)O1. The van der Waals surface area contributed by atoms with Crippen LogP contribution >= 0.6 is 0 Å². The summed E-state index contributed by atoms with van der Waals surface area (Å²) >= 11 is 0. The van der Waals surface area contributed by atoms with Crippen molar-refractivity contribution >= 4 is 23.9 Å². The Labute approximate surface area is 152 Å². The first-order valence-corrected chi connectivity index (χ1v) is 8.43. The zero-order valence-electron chi connectivity index (χ0n) is 15.6. The van der Waals surface area contributed by atoms with Gasteiger partial charge >= 0.3 is 23.9 Å². The van der Waals surface area contributed by atoms with E-state index in [0.717, 1.165) is 0 Å². The van der Waals surface area contributed by atoms with Crippen LogP contribution in [-0.4, -0.2) is 49.8 Å². The number of carbonyl (C=O) groups is 4. The molecule has 3 unspecified atom stereocenters. The van der Waals surface area contributed by atoms with Crippen molar-refractivity contribution in [1.29, 1.82) is 0 Å². The van der Waals surface area contributed by atoms with Gasteiger partial charge in [-0.25, -0.2) is 9.59 Å². The molecule has 0 amide bonds. The highest BCUT2D eigenvalue weighted by Gasteiger charge is 2.41. The zero-order valence-corrected chi connectivity index (χ0v) is 15.6. The summed E-state index contributed by atoms with van der Waals surface area (Å²) in [5.74, 6) is -2.90. The minimum absolute atomic E-state index is 0.0790. The minimum Gasteiger partial charge on any atom is -0.469 e. The van der Waals surface area contributed by atoms with E-state index in [4.69, 9.17) is 14.2 Å². The molecular weight excluding hydrogens is 344 g/mol. The lowest BCUT2D eigenvalue weighted by molar-refractivity contribution is -0.169. The van der Waals surface area contributed by atoms with Gasteiger partial charge in [0, 0.05) is 12.0 Å². The highest BCUT2D eigenvalue weighted by Crippen LogP contribution is 2.30. The summed E-state index contributed by atoms with van der Waals surface area (Å²) in [4.78, 5) is 46.6. The molecule has 1 heterocycles. The predicted octanol–water partition coefficient (Wildman–Crippen LogP) is 1.56. The second-order valence-electron chi connectivity index (χ2n) is 6.70. The van der Waals surface area contributed by atoms with Crippen LogP contribution in [0.2, 0.25) is 0 Å². The van der Waals surface area contributed by atoms with Crippen LogP contribution in [0.5, 0.6) is 0 Å². The van der Waals surface area contributed by atoms with E-state index in [0.29, 0.717) is 6.42 Å². The predicted molar refractivity (Wildman–Crippen MR) is 89.7 cm³/mol. The van der Waals surface area contributed by atoms with Gasteiger partial charge < -0.3 is 18.9 Å². The molecule has 3 atom stereocenters. The molecule has 1 rings (SSSR count). The highest BCUT2D eigenvalue weighted by molar-refractivity contribution is 5.88. The Bertz CT molecular complexity index is 566. The lowest BCUT2D eigenvalue weighted by atomic mass is 9.95.